The molecule has 0 saturated carbocycles. The number of carbonyl (C=O) groups excluding carboxylic acids is 1. The SMILES string of the molecule is NS(=O)(=O)c1ccc(C(=O)OCCOc2ccccc2)o1. The van der Waals surface area contributed by atoms with Crippen molar-refractivity contribution in [2.24, 2.45) is 5.14 Å². The van der Waals surface area contributed by atoms with E-state index in [1.54, 1.807) is 12.1 Å². The molecule has 0 aliphatic carbocycles. The van der Waals surface area contributed by atoms with E-state index in [-0.39, 0.29) is 19.0 Å². The highest BCUT2D eigenvalue weighted by Gasteiger charge is 2.18. The standard InChI is InChI=1S/C13H13NO6S/c14-21(16,17)12-7-6-11(20-12)13(15)19-9-8-18-10-4-2-1-3-5-10/h1-7H,8-9H2,(H2,14,16,17). The van der Waals surface area contributed by atoms with Gasteiger partial charge in [-0.05, 0) is 24.3 Å². The fourth-order valence-electron chi connectivity index (χ4n) is 1.46. The summed E-state index contributed by atoms with van der Waals surface area (Å²) in [6.07, 6.45) is 0. The molecule has 2 aromatic rings. The fraction of sp³-hybridized carbons (Fsp3) is 0.154. The van der Waals surface area contributed by atoms with E-state index >= 15 is 0 Å². The van der Waals surface area contributed by atoms with Crippen molar-refractivity contribution in [1.82, 2.24) is 0 Å². The molecule has 8 heteroatoms. The van der Waals surface area contributed by atoms with Crippen molar-refractivity contribution in [2.45, 2.75) is 5.09 Å². The van der Waals surface area contributed by atoms with Gasteiger partial charge in [-0.3, -0.25) is 0 Å². The van der Waals surface area contributed by atoms with Crippen molar-refractivity contribution < 1.29 is 27.1 Å². The molecule has 1 aromatic carbocycles. The molecular weight excluding hydrogens is 298 g/mol. The first kappa shape index (κ1) is 15.1. The van der Waals surface area contributed by atoms with Crippen molar-refractivity contribution in [3.63, 3.8) is 0 Å². The average molecular weight is 311 g/mol. The lowest BCUT2D eigenvalue weighted by molar-refractivity contribution is 0.0409. The van der Waals surface area contributed by atoms with Gasteiger partial charge in [0.15, 0.2) is 0 Å². The Kier molecular flexibility index (Phi) is 4.61. The Morgan fingerprint density at radius 1 is 1.10 bits per heavy atom. The summed E-state index contributed by atoms with van der Waals surface area (Å²) in [6.45, 7) is 0.164. The number of furan rings is 1. The van der Waals surface area contributed by atoms with Gasteiger partial charge in [-0.25, -0.2) is 18.4 Å². The maximum absolute atomic E-state index is 11.6. The molecule has 0 unspecified atom stereocenters. The quantitative estimate of drug-likeness (QED) is 0.633. The molecular formula is C13H13NO6S. The van der Waals surface area contributed by atoms with E-state index in [0.29, 0.717) is 5.75 Å². The molecule has 21 heavy (non-hydrogen) atoms. The van der Waals surface area contributed by atoms with Crippen LogP contribution in [0.3, 0.4) is 0 Å². The molecule has 0 amide bonds. The van der Waals surface area contributed by atoms with Crippen molar-refractivity contribution in [3.8, 4) is 5.75 Å². The maximum atomic E-state index is 11.6. The van der Waals surface area contributed by atoms with Gasteiger partial charge in [-0.15, -0.1) is 0 Å². The number of primary sulfonamides is 1. The van der Waals surface area contributed by atoms with E-state index in [1.165, 1.54) is 6.07 Å². The molecule has 0 bridgehead atoms. The number of ether oxygens (including phenoxy) is 2. The van der Waals surface area contributed by atoms with Gasteiger partial charge >= 0.3 is 5.97 Å². The van der Waals surface area contributed by atoms with E-state index < -0.39 is 21.1 Å². The largest absolute Gasteiger partial charge is 0.490 e. The number of nitrogens with two attached hydrogens (primary N) is 1. The molecule has 0 spiro atoms. The minimum Gasteiger partial charge on any atom is -0.490 e. The van der Waals surface area contributed by atoms with E-state index in [9.17, 15) is 13.2 Å². The van der Waals surface area contributed by atoms with Crippen LogP contribution in [0, 0.1) is 0 Å². The highest BCUT2D eigenvalue weighted by atomic mass is 32.2. The Morgan fingerprint density at radius 2 is 1.81 bits per heavy atom. The Labute approximate surface area is 121 Å². The van der Waals surface area contributed by atoms with E-state index in [1.807, 2.05) is 18.2 Å². The third kappa shape index (κ3) is 4.33. The lowest BCUT2D eigenvalue weighted by atomic mass is 10.3. The monoisotopic (exact) mass is 311 g/mol. The molecule has 0 aliphatic heterocycles. The van der Waals surface area contributed by atoms with Crippen LogP contribution in [0.15, 0.2) is 52.0 Å². The third-order valence-corrected chi connectivity index (χ3v) is 3.17. The summed E-state index contributed by atoms with van der Waals surface area (Å²) in [5.41, 5.74) is 0. The molecule has 2 rings (SSSR count). The normalized spacial score (nSPS) is 11.1. The molecule has 0 aliphatic rings. The van der Waals surface area contributed by atoms with Crippen molar-refractivity contribution in [1.29, 1.82) is 0 Å². The maximum Gasteiger partial charge on any atom is 0.374 e. The van der Waals surface area contributed by atoms with Gasteiger partial charge in [0.2, 0.25) is 10.9 Å². The van der Waals surface area contributed by atoms with Crippen LogP contribution in [0.25, 0.3) is 0 Å². The van der Waals surface area contributed by atoms with Gasteiger partial charge in [-0.2, -0.15) is 0 Å². The second kappa shape index (κ2) is 6.42. The smallest absolute Gasteiger partial charge is 0.374 e. The molecule has 0 radical (unpaired) electrons. The Morgan fingerprint density at radius 3 is 2.43 bits per heavy atom. The van der Waals surface area contributed by atoms with Gasteiger partial charge in [-0.1, -0.05) is 18.2 Å². The van der Waals surface area contributed by atoms with E-state index in [4.69, 9.17) is 19.0 Å². The lowest BCUT2D eigenvalue weighted by Gasteiger charge is -2.06. The van der Waals surface area contributed by atoms with Crippen LogP contribution in [0.5, 0.6) is 5.75 Å². The fourth-order valence-corrected chi connectivity index (χ4v) is 1.93. The zero-order chi connectivity index (χ0) is 15.3. The van der Waals surface area contributed by atoms with Gasteiger partial charge in [0.25, 0.3) is 10.0 Å². The molecule has 1 heterocycles. The van der Waals surface area contributed by atoms with Crippen molar-refractivity contribution in [3.05, 3.63) is 48.2 Å². The number of esters is 1. The summed E-state index contributed by atoms with van der Waals surface area (Å²) in [6, 6.07) is 11.3. The first-order valence-corrected chi connectivity index (χ1v) is 7.49. The molecule has 112 valence electrons. The van der Waals surface area contributed by atoms with Gasteiger partial charge in [0.05, 0.1) is 0 Å². The molecule has 0 saturated heterocycles. The second-order valence-electron chi connectivity index (χ2n) is 3.96. The highest BCUT2D eigenvalue weighted by Crippen LogP contribution is 2.13. The summed E-state index contributed by atoms with van der Waals surface area (Å²) in [5, 5.41) is 4.37. The van der Waals surface area contributed by atoms with E-state index in [2.05, 4.69) is 0 Å². The number of rotatable bonds is 6. The Hall–Kier alpha value is -2.32. The predicted molar refractivity (Wildman–Crippen MR) is 72.3 cm³/mol. The van der Waals surface area contributed by atoms with Gasteiger partial charge < -0.3 is 13.9 Å². The minimum absolute atomic E-state index is 0.000857. The molecule has 1 aromatic heterocycles. The van der Waals surface area contributed by atoms with Crippen LogP contribution in [0.1, 0.15) is 10.6 Å². The number of hydrogen-bond acceptors (Lipinski definition) is 6. The molecule has 0 atom stereocenters. The topological polar surface area (TPSA) is 109 Å². The number of hydrogen-bond donors (Lipinski definition) is 1. The van der Waals surface area contributed by atoms with Gasteiger partial charge in [0.1, 0.15) is 19.0 Å². The minimum atomic E-state index is -3.98. The predicted octanol–water partition coefficient (Wildman–Crippen LogP) is 1.16. The first-order valence-electron chi connectivity index (χ1n) is 5.94. The lowest BCUT2D eigenvalue weighted by Crippen LogP contribution is -2.12. The highest BCUT2D eigenvalue weighted by molar-refractivity contribution is 7.89. The van der Waals surface area contributed by atoms with Crippen molar-refractivity contribution >= 4 is 16.0 Å². The number of carbonyl (C=O) groups is 1. The Balaban J connectivity index is 1.81. The van der Waals surface area contributed by atoms with E-state index in [0.717, 1.165) is 6.07 Å². The van der Waals surface area contributed by atoms with Crippen LogP contribution >= 0.6 is 0 Å². The average Bonchev–Trinajstić information content (AvgIpc) is 2.94. The van der Waals surface area contributed by atoms with Crippen molar-refractivity contribution in [2.75, 3.05) is 13.2 Å². The van der Waals surface area contributed by atoms with Crippen LogP contribution < -0.4 is 9.88 Å². The molecule has 2 N–H and O–H groups in total. The van der Waals surface area contributed by atoms with Crippen LogP contribution in [-0.2, 0) is 14.8 Å². The summed E-state index contributed by atoms with van der Waals surface area (Å²) < 4.78 is 37.0. The second-order valence-corrected chi connectivity index (χ2v) is 5.45. The Bertz CT molecular complexity index is 707. The molecule has 0 fully saturated rings. The summed E-state index contributed by atoms with van der Waals surface area (Å²) >= 11 is 0. The van der Waals surface area contributed by atoms with Crippen LogP contribution in [-0.4, -0.2) is 27.6 Å². The summed E-state index contributed by atoms with van der Waals surface area (Å²) in [7, 11) is -3.98. The first-order chi connectivity index (χ1) is 9.97. The van der Waals surface area contributed by atoms with Crippen LogP contribution in [0.4, 0.5) is 0 Å². The van der Waals surface area contributed by atoms with Crippen LogP contribution in [0.2, 0.25) is 0 Å². The zero-order valence-electron chi connectivity index (χ0n) is 10.9. The number of benzene rings is 1. The number of para-hydroxylation sites is 1. The summed E-state index contributed by atoms with van der Waals surface area (Å²) in [5.74, 6) is -0.372. The van der Waals surface area contributed by atoms with Gasteiger partial charge in [0, 0.05) is 0 Å². The molecule has 7 nitrogen and oxygen atoms in total. The summed E-state index contributed by atoms with van der Waals surface area (Å²) in [4.78, 5) is 11.6. The third-order valence-electron chi connectivity index (χ3n) is 2.39. The zero-order valence-corrected chi connectivity index (χ0v) is 11.7. The number of sulfonamides is 1.